The predicted molar refractivity (Wildman–Crippen MR) is 245 cm³/mol. The molecule has 7 atom stereocenters. The number of nitrogens with zero attached hydrogens (tertiary/aromatic N) is 4. The first-order valence-corrected chi connectivity index (χ1v) is 22.0. The van der Waals surface area contributed by atoms with E-state index in [1.807, 2.05) is 41.9 Å². The number of hydrogen-bond acceptors (Lipinski definition) is 9. The molecule has 64 heavy (non-hydrogen) atoms. The number of benzene rings is 3. The number of likely N-dealkylation sites (tertiary alicyclic amines) is 2. The summed E-state index contributed by atoms with van der Waals surface area (Å²) in [7, 11) is 2.60. The molecule has 4 amide bonds. The largest absolute Gasteiger partial charge is 0.501 e. The molecule has 1 saturated carbocycles. The summed E-state index contributed by atoms with van der Waals surface area (Å²) < 4.78 is 15.4. The molecular formula is C49H58N8O7. The Morgan fingerprint density at radius 1 is 0.875 bits per heavy atom. The molecular weight excluding hydrogens is 813 g/mol. The molecule has 4 N–H and O–H groups in total. The van der Waals surface area contributed by atoms with Gasteiger partial charge in [0.15, 0.2) is 0 Å². The predicted octanol–water partition coefficient (Wildman–Crippen LogP) is 8.07. The number of H-pyrrole nitrogens is 2. The van der Waals surface area contributed by atoms with Gasteiger partial charge in [-0.15, -0.1) is 0 Å². The lowest BCUT2D eigenvalue weighted by Gasteiger charge is -2.30. The van der Waals surface area contributed by atoms with Gasteiger partial charge >= 0.3 is 12.2 Å². The molecule has 3 aromatic carbocycles. The lowest BCUT2D eigenvalue weighted by Crippen LogP contribution is -2.51. The van der Waals surface area contributed by atoms with E-state index in [4.69, 9.17) is 24.2 Å². The number of hydrogen-bond donors (Lipinski definition) is 4. The second-order valence-corrected chi connectivity index (χ2v) is 17.5. The number of carbonyl (C=O) groups is 4. The monoisotopic (exact) mass is 870 g/mol. The number of amides is 4. The smallest absolute Gasteiger partial charge is 0.407 e. The molecule has 2 unspecified atom stereocenters. The Morgan fingerprint density at radius 3 is 2.31 bits per heavy atom. The molecule has 0 bridgehead atoms. The van der Waals surface area contributed by atoms with Gasteiger partial charge in [0.25, 0.3) is 0 Å². The van der Waals surface area contributed by atoms with Crippen molar-refractivity contribution in [1.82, 2.24) is 40.4 Å². The van der Waals surface area contributed by atoms with Gasteiger partial charge in [-0.05, 0) is 71.2 Å². The average Bonchev–Trinajstić information content (AvgIpc) is 3.91. The van der Waals surface area contributed by atoms with Crippen LogP contribution in [0.25, 0.3) is 44.2 Å². The molecule has 2 aromatic heterocycles. The number of carbonyl (C=O) groups excluding carboxylic acids is 4. The molecule has 5 aromatic rings. The highest BCUT2D eigenvalue weighted by molar-refractivity contribution is 6.05. The molecule has 336 valence electrons. The van der Waals surface area contributed by atoms with Crippen LogP contribution in [0.2, 0.25) is 0 Å². The second-order valence-electron chi connectivity index (χ2n) is 17.5. The van der Waals surface area contributed by atoms with Crippen LogP contribution < -0.4 is 10.6 Å². The van der Waals surface area contributed by atoms with E-state index in [0.29, 0.717) is 37.8 Å². The quantitative estimate of drug-likeness (QED) is 0.0850. The van der Waals surface area contributed by atoms with Crippen LogP contribution in [0.15, 0.2) is 97.9 Å². The summed E-state index contributed by atoms with van der Waals surface area (Å²) in [6.45, 7) is 8.95. The van der Waals surface area contributed by atoms with Gasteiger partial charge in [0.1, 0.15) is 23.7 Å². The minimum atomic E-state index is -0.756. The standard InChI is InChI=1S/C49H54N8O7.2H2/c1-6-64-26-28-22-39(57(25-28)47(59)43(55-49(61)63-5)40-34-10-7-8-11-35(34)40)45-51-36-20-18-32-23-31(17-19-33(32)42(36)53-45)29-13-15-30(16-14-29)37-24-50-44(52-37)38-12-9-21-56(38)46(58)41(27(2)3)54-48(60)62-4;;/h6-8,10-11,13-20,23-24,27-28,34-35,38-41,43H,1,9,12,21-22,25-26H2,2-5H3,(H,50,52)(H,51,53)(H,54,60)(H,55,61);2*1H/t28-,34?,35?,38-,39-,40?,41-,43+;;/m0../s1. The topological polar surface area (TPSA) is 184 Å². The fourth-order valence-electron chi connectivity index (χ4n) is 10.0. The third kappa shape index (κ3) is 8.10. The highest BCUT2D eigenvalue weighted by Crippen LogP contribution is 2.53. The fourth-order valence-corrected chi connectivity index (χ4v) is 10.0. The first-order chi connectivity index (χ1) is 31.1. The van der Waals surface area contributed by atoms with E-state index in [0.717, 1.165) is 57.0 Å². The van der Waals surface area contributed by atoms with E-state index in [2.05, 4.69) is 87.9 Å². The number of nitrogens with one attached hydrogen (secondary N) is 4. The van der Waals surface area contributed by atoms with Crippen LogP contribution in [0.1, 0.15) is 59.7 Å². The van der Waals surface area contributed by atoms with Crippen LogP contribution >= 0.6 is 0 Å². The zero-order valence-corrected chi connectivity index (χ0v) is 36.5. The lowest BCUT2D eigenvalue weighted by molar-refractivity contribution is -0.136. The summed E-state index contributed by atoms with van der Waals surface area (Å²) in [4.78, 5) is 73.3. The van der Waals surface area contributed by atoms with E-state index in [-0.39, 0.29) is 56.3 Å². The number of ether oxygens (including phenoxy) is 3. The van der Waals surface area contributed by atoms with Crippen molar-refractivity contribution < 1.29 is 36.2 Å². The molecule has 2 aliphatic heterocycles. The fraction of sp³-hybridized carbons (Fsp3) is 0.388. The van der Waals surface area contributed by atoms with Crippen molar-refractivity contribution in [3.8, 4) is 22.4 Å². The van der Waals surface area contributed by atoms with Gasteiger partial charge in [-0.1, -0.05) is 87.2 Å². The molecule has 4 aliphatic rings. The van der Waals surface area contributed by atoms with E-state index in [1.54, 1.807) is 6.20 Å². The van der Waals surface area contributed by atoms with Crippen LogP contribution in [-0.2, 0) is 23.8 Å². The molecule has 0 radical (unpaired) electrons. The highest BCUT2D eigenvalue weighted by atomic mass is 16.5. The van der Waals surface area contributed by atoms with Gasteiger partial charge < -0.3 is 44.6 Å². The number of aromatic nitrogens is 4. The zero-order valence-electron chi connectivity index (χ0n) is 36.5. The summed E-state index contributed by atoms with van der Waals surface area (Å²) >= 11 is 0. The van der Waals surface area contributed by atoms with Crippen molar-refractivity contribution in [3.63, 3.8) is 0 Å². The number of alkyl carbamates (subject to hydrolysis) is 2. The molecule has 4 heterocycles. The Labute approximate surface area is 374 Å². The highest BCUT2D eigenvalue weighted by Gasteiger charge is 2.56. The van der Waals surface area contributed by atoms with Crippen LogP contribution in [0, 0.1) is 29.6 Å². The summed E-state index contributed by atoms with van der Waals surface area (Å²) in [5.74, 6) is 1.31. The van der Waals surface area contributed by atoms with E-state index < -0.39 is 24.3 Å². The van der Waals surface area contributed by atoms with Crippen LogP contribution in [0.5, 0.6) is 0 Å². The van der Waals surface area contributed by atoms with Crippen molar-refractivity contribution in [2.24, 2.45) is 29.6 Å². The minimum absolute atomic E-state index is 0. The van der Waals surface area contributed by atoms with E-state index >= 15 is 0 Å². The van der Waals surface area contributed by atoms with Crippen molar-refractivity contribution in [1.29, 1.82) is 0 Å². The third-order valence-corrected chi connectivity index (χ3v) is 13.4. The van der Waals surface area contributed by atoms with Gasteiger partial charge in [-0.3, -0.25) is 9.59 Å². The van der Waals surface area contributed by atoms with Gasteiger partial charge in [0.05, 0.1) is 62.1 Å². The van der Waals surface area contributed by atoms with Gasteiger partial charge in [-0.25, -0.2) is 19.6 Å². The van der Waals surface area contributed by atoms with Crippen LogP contribution in [0.3, 0.4) is 0 Å². The van der Waals surface area contributed by atoms with Crippen LogP contribution in [0.4, 0.5) is 9.59 Å². The first-order valence-electron chi connectivity index (χ1n) is 22.0. The van der Waals surface area contributed by atoms with E-state index in [1.165, 1.54) is 20.5 Å². The molecule has 0 spiro atoms. The Kier molecular flexibility index (Phi) is 11.7. The minimum Gasteiger partial charge on any atom is -0.501 e. The maximum absolute atomic E-state index is 14.6. The number of aromatic amines is 2. The SMILES string of the molecule is C=COC[C@H]1C[C@@H](c2nc3c(ccc4cc(-c5ccc(-c6cnc([C@@H]7CCCN7C(=O)[C@@H](NC(=O)OC)C(C)C)[nH]6)cc5)ccc43)[nH]2)N(C(=O)[C@H](NC(=O)OC)C2C3C=CC=CC32)C1.[HH].[HH]. The van der Waals surface area contributed by atoms with Crippen molar-refractivity contribution >= 4 is 45.8 Å². The van der Waals surface area contributed by atoms with Crippen LogP contribution in [-0.4, -0.2) is 99.7 Å². The molecule has 2 aliphatic carbocycles. The number of rotatable bonds is 13. The average molecular weight is 871 g/mol. The number of imidazole rings is 2. The van der Waals surface area contributed by atoms with Crippen molar-refractivity contribution in [2.75, 3.05) is 33.9 Å². The van der Waals surface area contributed by atoms with Gasteiger partial charge in [0.2, 0.25) is 11.8 Å². The number of allylic oxidation sites excluding steroid dienone is 4. The summed E-state index contributed by atoms with van der Waals surface area (Å²) in [5.41, 5.74) is 5.59. The Balaban J connectivity index is 0.00000324. The first kappa shape index (κ1) is 42.4. The maximum Gasteiger partial charge on any atom is 0.407 e. The Bertz CT molecular complexity index is 2640. The summed E-state index contributed by atoms with van der Waals surface area (Å²) in [6.07, 6.45) is 12.4. The summed E-state index contributed by atoms with van der Waals surface area (Å²) in [5, 5.41) is 7.59. The number of methoxy groups -OCH3 is 2. The lowest BCUT2D eigenvalue weighted by atomic mass is 9.99. The van der Waals surface area contributed by atoms with Crippen molar-refractivity contribution in [3.05, 3.63) is 110 Å². The summed E-state index contributed by atoms with van der Waals surface area (Å²) in [6, 6.07) is 16.7. The Morgan fingerprint density at radius 2 is 1.59 bits per heavy atom. The third-order valence-electron chi connectivity index (χ3n) is 13.4. The Hall–Kier alpha value is -6.90. The molecule has 3 fully saturated rings. The number of fused-ring (bicyclic) bond motifs is 4. The molecule has 15 heteroatoms. The second kappa shape index (κ2) is 17.7. The van der Waals surface area contributed by atoms with E-state index in [9.17, 15) is 19.2 Å². The zero-order chi connectivity index (χ0) is 44.6. The van der Waals surface area contributed by atoms with Gasteiger partial charge in [-0.2, -0.15) is 0 Å². The molecule has 2 saturated heterocycles. The van der Waals surface area contributed by atoms with Crippen molar-refractivity contribution in [2.45, 2.75) is 57.3 Å². The molecule has 9 rings (SSSR count). The molecule has 15 nitrogen and oxygen atoms in total. The normalized spacial score (nSPS) is 23.2. The van der Waals surface area contributed by atoms with Gasteiger partial charge in [0, 0.05) is 33.2 Å². The maximum atomic E-state index is 14.6.